The first-order valence-corrected chi connectivity index (χ1v) is 4.97. The molecule has 1 atom stereocenters. The largest absolute Gasteiger partial charge is 0.501 e. The molecule has 0 radical (unpaired) electrons. The van der Waals surface area contributed by atoms with Gasteiger partial charge in [0, 0.05) is 0 Å². The van der Waals surface area contributed by atoms with E-state index in [-0.39, 0.29) is 12.9 Å². The van der Waals surface area contributed by atoms with Crippen LogP contribution in [0.2, 0.25) is 0 Å². The maximum atomic E-state index is 11.5. The normalized spacial score (nSPS) is 21.5. The molecule has 5 nitrogen and oxygen atoms in total. The van der Waals surface area contributed by atoms with Crippen LogP contribution in [-0.4, -0.2) is 38.7 Å². The van der Waals surface area contributed by atoms with Crippen LogP contribution < -0.4 is 0 Å². The molecule has 0 bridgehead atoms. The molecule has 1 heterocycles. The molecule has 86 valence electrons. The van der Waals surface area contributed by atoms with Crippen LogP contribution >= 0.6 is 0 Å². The lowest BCUT2D eigenvalue weighted by atomic mass is 10.2. The maximum absolute atomic E-state index is 11.5. The zero-order valence-corrected chi connectivity index (χ0v) is 9.02. The van der Waals surface area contributed by atoms with Crippen molar-refractivity contribution in [1.29, 1.82) is 0 Å². The van der Waals surface area contributed by atoms with Crippen LogP contribution in [0.1, 0.15) is 13.8 Å². The minimum Gasteiger partial charge on any atom is -0.501 e. The Morgan fingerprint density at radius 2 is 2.27 bits per heavy atom. The molecule has 15 heavy (non-hydrogen) atoms. The molecule has 0 aliphatic carbocycles. The lowest BCUT2D eigenvalue weighted by molar-refractivity contribution is -0.139. The van der Waals surface area contributed by atoms with Crippen molar-refractivity contribution < 1.29 is 23.7 Å². The van der Waals surface area contributed by atoms with Crippen LogP contribution in [0.3, 0.4) is 0 Å². The summed E-state index contributed by atoms with van der Waals surface area (Å²) in [6.45, 7) is 4.98. The van der Waals surface area contributed by atoms with Gasteiger partial charge < -0.3 is 18.9 Å². The van der Waals surface area contributed by atoms with Gasteiger partial charge in [-0.1, -0.05) is 0 Å². The molecule has 1 rings (SSSR count). The third-order valence-electron chi connectivity index (χ3n) is 1.86. The molecule has 5 heteroatoms. The fourth-order valence-electron chi connectivity index (χ4n) is 1.16. The zero-order valence-electron chi connectivity index (χ0n) is 9.02. The fraction of sp³-hybridized carbons (Fsp3) is 0.700. The van der Waals surface area contributed by atoms with E-state index in [4.69, 9.17) is 18.9 Å². The molecule has 0 aromatic rings. The topological polar surface area (TPSA) is 54.0 Å². The van der Waals surface area contributed by atoms with Gasteiger partial charge in [0.1, 0.15) is 18.5 Å². The van der Waals surface area contributed by atoms with E-state index in [2.05, 4.69) is 0 Å². The van der Waals surface area contributed by atoms with Gasteiger partial charge in [-0.2, -0.15) is 0 Å². The SMILES string of the molecule is CCO/C=C(/C(=O)OCC)C1COCO1. The smallest absolute Gasteiger partial charge is 0.339 e. The Hall–Kier alpha value is -1.07. The van der Waals surface area contributed by atoms with Gasteiger partial charge in [-0.05, 0) is 13.8 Å². The quantitative estimate of drug-likeness (QED) is 0.387. The number of ether oxygens (including phenoxy) is 4. The molecule has 1 fully saturated rings. The highest BCUT2D eigenvalue weighted by Crippen LogP contribution is 2.15. The van der Waals surface area contributed by atoms with Gasteiger partial charge in [0.05, 0.1) is 26.1 Å². The Kier molecular flexibility index (Phi) is 5.14. The molecular formula is C10H16O5. The number of hydrogen-bond donors (Lipinski definition) is 0. The van der Waals surface area contributed by atoms with E-state index in [1.165, 1.54) is 6.26 Å². The Bertz CT molecular complexity index is 230. The van der Waals surface area contributed by atoms with Crippen molar-refractivity contribution in [2.45, 2.75) is 20.0 Å². The van der Waals surface area contributed by atoms with Gasteiger partial charge in [0.25, 0.3) is 0 Å². The summed E-state index contributed by atoms with van der Waals surface area (Å²) in [5.74, 6) is -0.415. The number of carbonyl (C=O) groups is 1. The van der Waals surface area contributed by atoms with E-state index in [0.29, 0.717) is 25.4 Å². The first kappa shape index (κ1) is 12.0. The molecule has 0 aromatic heterocycles. The van der Waals surface area contributed by atoms with Crippen molar-refractivity contribution in [3.63, 3.8) is 0 Å². The van der Waals surface area contributed by atoms with Gasteiger partial charge in [0.2, 0.25) is 0 Å². The van der Waals surface area contributed by atoms with E-state index in [1.54, 1.807) is 6.92 Å². The summed E-state index contributed by atoms with van der Waals surface area (Å²) in [6, 6.07) is 0. The van der Waals surface area contributed by atoms with Crippen molar-refractivity contribution in [2.75, 3.05) is 26.6 Å². The van der Waals surface area contributed by atoms with E-state index in [0.717, 1.165) is 0 Å². The standard InChI is InChI=1S/C10H16O5/c1-3-12-5-8(10(11)14-4-2)9-6-13-7-15-9/h5,9H,3-4,6-7H2,1-2H3/b8-5+. The third kappa shape index (κ3) is 3.53. The van der Waals surface area contributed by atoms with Crippen LogP contribution in [0.25, 0.3) is 0 Å². The lowest BCUT2D eigenvalue weighted by Gasteiger charge is -2.11. The molecule has 0 spiro atoms. The Labute approximate surface area is 88.9 Å². The molecule has 0 aromatic carbocycles. The second-order valence-corrected chi connectivity index (χ2v) is 2.89. The average Bonchev–Trinajstić information content (AvgIpc) is 2.72. The predicted octanol–water partition coefficient (Wildman–Crippen LogP) is 0.843. The second-order valence-electron chi connectivity index (χ2n) is 2.89. The summed E-state index contributed by atoms with van der Waals surface area (Å²) in [7, 11) is 0. The Balaban J connectivity index is 2.63. The van der Waals surface area contributed by atoms with Crippen LogP contribution in [0.15, 0.2) is 11.8 Å². The third-order valence-corrected chi connectivity index (χ3v) is 1.86. The Morgan fingerprint density at radius 3 is 2.80 bits per heavy atom. The van der Waals surface area contributed by atoms with Crippen LogP contribution in [0, 0.1) is 0 Å². The lowest BCUT2D eigenvalue weighted by Crippen LogP contribution is -2.22. The van der Waals surface area contributed by atoms with Crippen LogP contribution in [0.5, 0.6) is 0 Å². The maximum Gasteiger partial charge on any atom is 0.339 e. The highest BCUT2D eigenvalue weighted by Gasteiger charge is 2.27. The minimum atomic E-state index is -0.415. The summed E-state index contributed by atoms with van der Waals surface area (Å²) in [5.41, 5.74) is 0.371. The van der Waals surface area contributed by atoms with Gasteiger partial charge >= 0.3 is 5.97 Å². The van der Waals surface area contributed by atoms with E-state index in [1.807, 2.05) is 6.92 Å². The van der Waals surface area contributed by atoms with Crippen molar-refractivity contribution >= 4 is 5.97 Å². The van der Waals surface area contributed by atoms with Crippen molar-refractivity contribution in [3.8, 4) is 0 Å². The molecule has 0 N–H and O–H groups in total. The van der Waals surface area contributed by atoms with E-state index in [9.17, 15) is 4.79 Å². The highest BCUT2D eigenvalue weighted by atomic mass is 16.7. The zero-order chi connectivity index (χ0) is 11.1. The number of esters is 1. The summed E-state index contributed by atoms with van der Waals surface area (Å²) in [4.78, 5) is 11.5. The molecule has 1 unspecified atom stereocenters. The van der Waals surface area contributed by atoms with E-state index >= 15 is 0 Å². The Morgan fingerprint density at radius 1 is 1.47 bits per heavy atom. The summed E-state index contributed by atoms with van der Waals surface area (Å²) in [5, 5.41) is 0. The molecule has 1 aliphatic heterocycles. The monoisotopic (exact) mass is 216 g/mol. The van der Waals surface area contributed by atoms with Crippen LogP contribution in [-0.2, 0) is 23.7 Å². The van der Waals surface area contributed by atoms with Crippen LogP contribution in [0.4, 0.5) is 0 Å². The summed E-state index contributed by atoms with van der Waals surface area (Å²) in [6.07, 6.45) is 1.01. The average molecular weight is 216 g/mol. The molecule has 1 saturated heterocycles. The molecule has 0 amide bonds. The van der Waals surface area contributed by atoms with Crippen molar-refractivity contribution in [2.24, 2.45) is 0 Å². The number of rotatable bonds is 5. The minimum absolute atomic E-state index is 0.202. The summed E-state index contributed by atoms with van der Waals surface area (Å²) < 4.78 is 20.2. The summed E-state index contributed by atoms with van der Waals surface area (Å²) >= 11 is 0. The molecule has 1 aliphatic rings. The fourth-order valence-corrected chi connectivity index (χ4v) is 1.16. The molecular weight excluding hydrogens is 200 g/mol. The van der Waals surface area contributed by atoms with E-state index < -0.39 is 5.97 Å². The second kappa shape index (κ2) is 6.42. The van der Waals surface area contributed by atoms with Gasteiger partial charge in [-0.15, -0.1) is 0 Å². The molecule has 0 saturated carbocycles. The first-order chi connectivity index (χ1) is 7.29. The van der Waals surface area contributed by atoms with Gasteiger partial charge in [-0.25, -0.2) is 4.79 Å². The van der Waals surface area contributed by atoms with Gasteiger partial charge in [0.15, 0.2) is 0 Å². The highest BCUT2D eigenvalue weighted by molar-refractivity contribution is 5.89. The predicted molar refractivity (Wildman–Crippen MR) is 52.0 cm³/mol. The first-order valence-electron chi connectivity index (χ1n) is 4.97. The van der Waals surface area contributed by atoms with Gasteiger partial charge in [-0.3, -0.25) is 0 Å². The number of hydrogen-bond acceptors (Lipinski definition) is 5. The number of carbonyl (C=O) groups excluding carboxylic acids is 1. The van der Waals surface area contributed by atoms with Crippen molar-refractivity contribution in [3.05, 3.63) is 11.8 Å². The van der Waals surface area contributed by atoms with Crippen molar-refractivity contribution in [1.82, 2.24) is 0 Å².